The second-order valence-corrected chi connectivity index (χ2v) is 4.84. The molecule has 0 aliphatic heterocycles. The highest BCUT2D eigenvalue weighted by Gasteiger charge is 2.14. The van der Waals surface area contributed by atoms with E-state index in [2.05, 4.69) is 25.7 Å². The number of aromatic nitrogens is 5. The first-order valence-corrected chi connectivity index (χ1v) is 6.66. The SMILES string of the molecule is O=C(NCc1nnc2ccccn12)c1cc(Cl)nnc1Cl. The van der Waals surface area contributed by atoms with Crippen LogP contribution < -0.4 is 5.32 Å². The van der Waals surface area contributed by atoms with Crippen molar-refractivity contribution >= 4 is 34.8 Å². The molecule has 0 unspecified atom stereocenters. The zero-order valence-corrected chi connectivity index (χ0v) is 12.0. The fraction of sp³-hybridized carbons (Fsp3) is 0.0833. The first kappa shape index (κ1) is 13.7. The minimum absolute atomic E-state index is 0.0111. The van der Waals surface area contributed by atoms with E-state index in [0.29, 0.717) is 11.5 Å². The van der Waals surface area contributed by atoms with Gasteiger partial charge < -0.3 is 5.32 Å². The van der Waals surface area contributed by atoms with Crippen LogP contribution in [-0.4, -0.2) is 30.7 Å². The number of carbonyl (C=O) groups is 1. The van der Waals surface area contributed by atoms with Crippen LogP contribution in [0, 0.1) is 0 Å². The van der Waals surface area contributed by atoms with Crippen LogP contribution in [0.4, 0.5) is 0 Å². The van der Waals surface area contributed by atoms with Crippen molar-refractivity contribution in [2.45, 2.75) is 6.54 Å². The molecule has 9 heteroatoms. The molecule has 0 aliphatic rings. The predicted octanol–water partition coefficient (Wildman–Crippen LogP) is 1.76. The number of pyridine rings is 1. The third-order valence-electron chi connectivity index (χ3n) is 2.76. The second kappa shape index (κ2) is 5.63. The van der Waals surface area contributed by atoms with E-state index in [4.69, 9.17) is 23.2 Å². The Morgan fingerprint density at radius 3 is 2.90 bits per heavy atom. The van der Waals surface area contributed by atoms with Crippen molar-refractivity contribution in [1.82, 2.24) is 30.1 Å². The summed E-state index contributed by atoms with van der Waals surface area (Å²) in [5.74, 6) is 0.188. The minimum atomic E-state index is -0.413. The lowest BCUT2D eigenvalue weighted by Gasteiger charge is -2.05. The molecule has 1 N–H and O–H groups in total. The number of nitrogens with zero attached hydrogens (tertiary/aromatic N) is 5. The molecule has 0 saturated heterocycles. The monoisotopic (exact) mass is 322 g/mol. The van der Waals surface area contributed by atoms with Crippen molar-refractivity contribution in [3.63, 3.8) is 0 Å². The molecule has 106 valence electrons. The predicted molar refractivity (Wildman–Crippen MR) is 76.2 cm³/mol. The lowest BCUT2D eigenvalue weighted by molar-refractivity contribution is 0.0949. The van der Waals surface area contributed by atoms with E-state index < -0.39 is 5.91 Å². The van der Waals surface area contributed by atoms with Crippen LogP contribution in [-0.2, 0) is 6.54 Å². The van der Waals surface area contributed by atoms with E-state index in [9.17, 15) is 4.79 Å². The van der Waals surface area contributed by atoms with Crippen molar-refractivity contribution < 1.29 is 4.79 Å². The van der Waals surface area contributed by atoms with Gasteiger partial charge in [-0.05, 0) is 18.2 Å². The van der Waals surface area contributed by atoms with Gasteiger partial charge in [0.25, 0.3) is 5.91 Å². The zero-order chi connectivity index (χ0) is 14.8. The van der Waals surface area contributed by atoms with E-state index in [1.165, 1.54) is 6.07 Å². The molecular weight excluding hydrogens is 315 g/mol. The van der Waals surface area contributed by atoms with Crippen LogP contribution in [0.5, 0.6) is 0 Å². The topological polar surface area (TPSA) is 85.1 Å². The summed E-state index contributed by atoms with van der Waals surface area (Å²) >= 11 is 11.5. The maximum absolute atomic E-state index is 12.1. The fourth-order valence-corrected chi connectivity index (χ4v) is 2.10. The van der Waals surface area contributed by atoms with E-state index in [0.717, 1.165) is 0 Å². The van der Waals surface area contributed by atoms with Crippen molar-refractivity contribution in [2.75, 3.05) is 0 Å². The summed E-state index contributed by atoms with van der Waals surface area (Å²) in [6.07, 6.45) is 1.81. The van der Waals surface area contributed by atoms with Crippen LogP contribution in [0.3, 0.4) is 0 Å². The van der Waals surface area contributed by atoms with Gasteiger partial charge in [-0.1, -0.05) is 29.3 Å². The number of nitrogens with one attached hydrogen (secondary N) is 1. The average Bonchev–Trinajstić information content (AvgIpc) is 2.90. The van der Waals surface area contributed by atoms with E-state index >= 15 is 0 Å². The number of fused-ring (bicyclic) bond motifs is 1. The van der Waals surface area contributed by atoms with Crippen molar-refractivity contribution in [3.8, 4) is 0 Å². The summed E-state index contributed by atoms with van der Waals surface area (Å²) in [7, 11) is 0. The largest absolute Gasteiger partial charge is 0.345 e. The molecule has 3 heterocycles. The molecule has 21 heavy (non-hydrogen) atoms. The van der Waals surface area contributed by atoms with Gasteiger partial charge in [0, 0.05) is 6.20 Å². The Bertz CT molecular complexity index is 818. The molecular formula is C12H8Cl2N6O. The number of hydrogen-bond acceptors (Lipinski definition) is 5. The van der Waals surface area contributed by atoms with Gasteiger partial charge in [-0.2, -0.15) is 0 Å². The van der Waals surface area contributed by atoms with Crippen LogP contribution in [0.25, 0.3) is 5.65 Å². The van der Waals surface area contributed by atoms with Crippen molar-refractivity contribution in [1.29, 1.82) is 0 Å². The number of rotatable bonds is 3. The molecule has 0 saturated carbocycles. The van der Waals surface area contributed by atoms with Crippen LogP contribution in [0.1, 0.15) is 16.2 Å². The molecule has 7 nitrogen and oxygen atoms in total. The first-order chi connectivity index (χ1) is 10.1. The quantitative estimate of drug-likeness (QED) is 0.794. The van der Waals surface area contributed by atoms with E-state index in [1.807, 2.05) is 24.4 Å². The van der Waals surface area contributed by atoms with Crippen LogP contribution in [0.15, 0.2) is 30.5 Å². The molecule has 1 amide bonds. The third-order valence-corrected chi connectivity index (χ3v) is 3.22. The standard InChI is InChI=1S/C12H8Cl2N6O/c13-8-5-7(11(14)19-16-8)12(21)15-6-10-18-17-9-3-1-2-4-20(9)10/h1-5H,6H2,(H,15,21). The summed E-state index contributed by atoms with van der Waals surface area (Å²) in [6.45, 7) is 0.195. The van der Waals surface area contributed by atoms with Gasteiger partial charge in [-0.25, -0.2) is 0 Å². The highest BCUT2D eigenvalue weighted by atomic mass is 35.5. The molecule has 3 aromatic heterocycles. The van der Waals surface area contributed by atoms with Gasteiger partial charge >= 0.3 is 0 Å². The Balaban J connectivity index is 1.78. The normalized spacial score (nSPS) is 10.8. The van der Waals surface area contributed by atoms with E-state index in [1.54, 1.807) is 4.40 Å². The molecule has 0 aromatic carbocycles. The lowest BCUT2D eigenvalue weighted by Crippen LogP contribution is -2.24. The van der Waals surface area contributed by atoms with Gasteiger partial charge in [0.05, 0.1) is 12.1 Å². The molecule has 0 spiro atoms. The Labute approximate surface area is 128 Å². The summed E-state index contributed by atoms with van der Waals surface area (Å²) in [6, 6.07) is 6.89. The number of carbonyl (C=O) groups excluding carboxylic acids is 1. The average molecular weight is 323 g/mol. The molecule has 0 radical (unpaired) electrons. The Morgan fingerprint density at radius 1 is 1.19 bits per heavy atom. The van der Waals surface area contributed by atoms with Gasteiger partial charge in [0.15, 0.2) is 21.8 Å². The Hall–Kier alpha value is -2.25. The van der Waals surface area contributed by atoms with Crippen molar-refractivity contribution in [2.24, 2.45) is 0 Å². The molecule has 0 aliphatic carbocycles. The molecule has 3 aromatic rings. The van der Waals surface area contributed by atoms with Gasteiger partial charge in [0.1, 0.15) is 0 Å². The fourth-order valence-electron chi connectivity index (χ4n) is 1.78. The Morgan fingerprint density at radius 2 is 2.05 bits per heavy atom. The summed E-state index contributed by atoms with van der Waals surface area (Å²) in [5, 5.41) is 17.9. The molecule has 0 atom stereocenters. The highest BCUT2D eigenvalue weighted by Crippen LogP contribution is 2.15. The smallest absolute Gasteiger partial charge is 0.254 e. The third kappa shape index (κ3) is 2.79. The molecule has 0 fully saturated rings. The molecule has 0 bridgehead atoms. The maximum Gasteiger partial charge on any atom is 0.254 e. The summed E-state index contributed by atoms with van der Waals surface area (Å²) in [4.78, 5) is 12.1. The van der Waals surface area contributed by atoms with Gasteiger partial charge in [0.2, 0.25) is 0 Å². The van der Waals surface area contributed by atoms with Gasteiger partial charge in [-0.3, -0.25) is 9.20 Å². The first-order valence-electron chi connectivity index (χ1n) is 5.91. The maximum atomic E-state index is 12.1. The summed E-state index contributed by atoms with van der Waals surface area (Å²) in [5.41, 5.74) is 0.860. The summed E-state index contributed by atoms with van der Waals surface area (Å²) < 4.78 is 1.78. The molecule has 3 rings (SSSR count). The van der Waals surface area contributed by atoms with Crippen molar-refractivity contribution in [3.05, 3.63) is 52.2 Å². The zero-order valence-electron chi connectivity index (χ0n) is 10.5. The number of amides is 1. The number of hydrogen-bond donors (Lipinski definition) is 1. The van der Waals surface area contributed by atoms with E-state index in [-0.39, 0.29) is 22.4 Å². The minimum Gasteiger partial charge on any atom is -0.345 e. The van der Waals surface area contributed by atoms with Crippen LogP contribution in [0.2, 0.25) is 10.3 Å². The van der Waals surface area contributed by atoms with Crippen LogP contribution >= 0.6 is 23.2 Å². The number of halogens is 2. The highest BCUT2D eigenvalue weighted by molar-refractivity contribution is 6.34. The second-order valence-electron chi connectivity index (χ2n) is 4.10. The Kier molecular flexibility index (Phi) is 3.68. The van der Waals surface area contributed by atoms with Gasteiger partial charge in [-0.15, -0.1) is 20.4 Å². The lowest BCUT2D eigenvalue weighted by atomic mass is 10.3.